The molecule has 1 rings (SSSR count). The van der Waals surface area contributed by atoms with E-state index in [-0.39, 0.29) is 11.9 Å². The topological polar surface area (TPSA) is 39.2 Å². The van der Waals surface area contributed by atoms with E-state index in [1.165, 1.54) is 0 Å². The van der Waals surface area contributed by atoms with Crippen molar-refractivity contribution in [3.8, 4) is 0 Å². The van der Waals surface area contributed by atoms with Crippen LogP contribution in [0.4, 0.5) is 0 Å². The van der Waals surface area contributed by atoms with E-state index in [4.69, 9.17) is 4.74 Å². The van der Waals surface area contributed by atoms with E-state index < -0.39 is 0 Å². The maximum absolute atomic E-state index is 11.4. The van der Waals surface area contributed by atoms with Crippen LogP contribution in [0.3, 0.4) is 0 Å². The van der Waals surface area contributed by atoms with Crippen molar-refractivity contribution in [2.24, 2.45) is 0 Å². The highest BCUT2D eigenvalue weighted by atomic mass is 79.9. The molecule has 1 unspecified atom stereocenters. The van der Waals surface area contributed by atoms with Crippen LogP contribution < -0.4 is 0 Å². The van der Waals surface area contributed by atoms with Crippen molar-refractivity contribution in [2.45, 2.75) is 19.8 Å². The molecule has 0 spiro atoms. The molecular formula is C10H12BrNO2. The summed E-state index contributed by atoms with van der Waals surface area (Å²) in [5.41, 5.74) is 0.720. The maximum atomic E-state index is 11.4. The molecule has 0 fully saturated rings. The van der Waals surface area contributed by atoms with Gasteiger partial charge in [0.05, 0.1) is 18.2 Å². The van der Waals surface area contributed by atoms with Gasteiger partial charge < -0.3 is 4.74 Å². The lowest BCUT2D eigenvalue weighted by Crippen LogP contribution is -2.14. The molecule has 0 saturated heterocycles. The number of nitrogens with zero attached hydrogens (tertiary/aromatic N) is 1. The van der Waals surface area contributed by atoms with Crippen molar-refractivity contribution >= 4 is 21.9 Å². The first-order chi connectivity index (χ1) is 6.65. The Bertz CT molecular complexity index is 328. The van der Waals surface area contributed by atoms with Gasteiger partial charge in [-0.3, -0.25) is 9.78 Å². The van der Waals surface area contributed by atoms with Crippen molar-refractivity contribution < 1.29 is 9.53 Å². The molecule has 0 aromatic carbocycles. The van der Waals surface area contributed by atoms with E-state index in [2.05, 4.69) is 20.9 Å². The van der Waals surface area contributed by atoms with Crippen molar-refractivity contribution in [3.05, 3.63) is 28.5 Å². The molecule has 0 bridgehead atoms. The van der Waals surface area contributed by atoms with Gasteiger partial charge in [-0.2, -0.15) is 0 Å². The number of ether oxygens (including phenoxy) is 1. The number of halogens is 1. The number of pyridine rings is 1. The van der Waals surface area contributed by atoms with Gasteiger partial charge in [-0.1, -0.05) is 15.9 Å². The number of aromatic nitrogens is 1. The lowest BCUT2D eigenvalue weighted by molar-refractivity contribution is -0.144. The molecule has 14 heavy (non-hydrogen) atoms. The summed E-state index contributed by atoms with van der Waals surface area (Å²) in [5.74, 6) is -0.550. The Balaban J connectivity index is 2.78. The van der Waals surface area contributed by atoms with Crippen molar-refractivity contribution in [1.82, 2.24) is 4.98 Å². The molecule has 76 valence electrons. The number of carbonyl (C=O) groups excluding carboxylic acids is 1. The highest BCUT2D eigenvalue weighted by molar-refractivity contribution is 9.10. The Morgan fingerprint density at radius 1 is 1.71 bits per heavy atom. The minimum absolute atomic E-state index is 0.238. The van der Waals surface area contributed by atoms with Gasteiger partial charge >= 0.3 is 5.97 Å². The Labute approximate surface area is 91.6 Å². The van der Waals surface area contributed by atoms with Gasteiger partial charge in [-0.25, -0.2) is 0 Å². The highest BCUT2D eigenvalue weighted by Crippen LogP contribution is 2.18. The van der Waals surface area contributed by atoms with Gasteiger partial charge in [0.2, 0.25) is 0 Å². The van der Waals surface area contributed by atoms with Crippen LogP contribution in [0.2, 0.25) is 0 Å². The molecular weight excluding hydrogens is 246 g/mol. The first-order valence-electron chi connectivity index (χ1n) is 4.43. The van der Waals surface area contributed by atoms with E-state index in [1.54, 1.807) is 20.0 Å². The third-order valence-corrected chi connectivity index (χ3v) is 2.32. The zero-order valence-electron chi connectivity index (χ0n) is 8.16. The quantitative estimate of drug-likeness (QED) is 0.782. The summed E-state index contributed by atoms with van der Waals surface area (Å²) in [5, 5.41) is 0. The van der Waals surface area contributed by atoms with Crippen molar-refractivity contribution in [2.75, 3.05) is 6.61 Å². The molecule has 0 radical (unpaired) electrons. The van der Waals surface area contributed by atoms with Gasteiger partial charge in [0, 0.05) is 10.7 Å². The smallest absolute Gasteiger partial charge is 0.314 e. The molecule has 1 aromatic heterocycles. The molecule has 1 aromatic rings. The van der Waals surface area contributed by atoms with E-state index in [1.807, 2.05) is 12.1 Å². The number of esters is 1. The number of hydrogen-bond donors (Lipinski definition) is 0. The molecule has 0 aliphatic carbocycles. The Morgan fingerprint density at radius 3 is 3.00 bits per heavy atom. The van der Waals surface area contributed by atoms with Crippen LogP contribution in [0.25, 0.3) is 0 Å². The predicted molar refractivity (Wildman–Crippen MR) is 57.0 cm³/mol. The van der Waals surface area contributed by atoms with E-state index in [0.717, 1.165) is 10.2 Å². The fraction of sp³-hybridized carbons (Fsp3) is 0.400. The lowest BCUT2D eigenvalue weighted by Gasteiger charge is -2.09. The zero-order valence-corrected chi connectivity index (χ0v) is 9.74. The standard InChI is InChI=1S/C10H12BrNO2/c1-3-14-10(13)7(2)9-6-8(11)4-5-12-9/h4-7H,3H2,1-2H3. The largest absolute Gasteiger partial charge is 0.465 e. The predicted octanol–water partition coefficient (Wildman–Crippen LogP) is 2.51. The Hall–Kier alpha value is -0.900. The molecule has 1 atom stereocenters. The molecule has 0 amide bonds. The molecule has 0 saturated carbocycles. The van der Waals surface area contributed by atoms with Crippen LogP contribution in [0, 0.1) is 0 Å². The van der Waals surface area contributed by atoms with Crippen LogP contribution in [-0.4, -0.2) is 17.6 Å². The molecule has 0 aliphatic heterocycles. The number of hydrogen-bond acceptors (Lipinski definition) is 3. The van der Waals surface area contributed by atoms with Crippen molar-refractivity contribution in [1.29, 1.82) is 0 Å². The van der Waals surface area contributed by atoms with E-state index in [9.17, 15) is 4.79 Å². The average Bonchev–Trinajstić information content (AvgIpc) is 2.17. The summed E-state index contributed by atoms with van der Waals surface area (Å²) in [6.45, 7) is 3.98. The van der Waals surface area contributed by atoms with Crippen LogP contribution in [0.5, 0.6) is 0 Å². The maximum Gasteiger partial charge on any atom is 0.314 e. The summed E-state index contributed by atoms with van der Waals surface area (Å²) >= 11 is 3.33. The average molecular weight is 258 g/mol. The third-order valence-electron chi connectivity index (χ3n) is 1.83. The first-order valence-corrected chi connectivity index (χ1v) is 5.22. The van der Waals surface area contributed by atoms with Gasteiger partial charge in [0.1, 0.15) is 0 Å². The van der Waals surface area contributed by atoms with Crippen LogP contribution in [0.15, 0.2) is 22.8 Å². The second-order valence-electron chi connectivity index (χ2n) is 2.87. The highest BCUT2D eigenvalue weighted by Gasteiger charge is 2.17. The van der Waals surface area contributed by atoms with Gasteiger partial charge in [0.25, 0.3) is 0 Å². The summed E-state index contributed by atoms with van der Waals surface area (Å²) in [7, 11) is 0. The summed E-state index contributed by atoms with van der Waals surface area (Å²) < 4.78 is 5.82. The Morgan fingerprint density at radius 2 is 2.43 bits per heavy atom. The van der Waals surface area contributed by atoms with Crippen LogP contribution in [-0.2, 0) is 9.53 Å². The minimum Gasteiger partial charge on any atom is -0.465 e. The minimum atomic E-state index is -0.313. The molecule has 1 heterocycles. The van der Waals surface area contributed by atoms with Gasteiger partial charge in [-0.15, -0.1) is 0 Å². The molecule has 3 nitrogen and oxygen atoms in total. The lowest BCUT2D eigenvalue weighted by atomic mass is 10.1. The number of rotatable bonds is 3. The first kappa shape index (κ1) is 11.2. The second-order valence-corrected chi connectivity index (χ2v) is 3.79. The fourth-order valence-electron chi connectivity index (χ4n) is 1.05. The zero-order chi connectivity index (χ0) is 10.6. The van der Waals surface area contributed by atoms with Gasteiger partial charge in [0.15, 0.2) is 0 Å². The summed E-state index contributed by atoms with van der Waals surface area (Å²) in [4.78, 5) is 15.5. The fourth-order valence-corrected chi connectivity index (χ4v) is 1.40. The second kappa shape index (κ2) is 5.10. The SMILES string of the molecule is CCOC(=O)C(C)c1cc(Br)ccn1. The molecule has 0 N–H and O–H groups in total. The third kappa shape index (κ3) is 2.80. The molecule has 0 aliphatic rings. The van der Waals surface area contributed by atoms with Crippen LogP contribution >= 0.6 is 15.9 Å². The molecule has 4 heteroatoms. The summed E-state index contributed by atoms with van der Waals surface area (Å²) in [6.07, 6.45) is 1.66. The van der Waals surface area contributed by atoms with E-state index >= 15 is 0 Å². The normalized spacial score (nSPS) is 12.2. The summed E-state index contributed by atoms with van der Waals surface area (Å²) in [6, 6.07) is 3.64. The van der Waals surface area contributed by atoms with Gasteiger partial charge in [-0.05, 0) is 26.0 Å². The van der Waals surface area contributed by atoms with E-state index in [0.29, 0.717) is 6.61 Å². The van der Waals surface area contributed by atoms with Crippen LogP contribution in [0.1, 0.15) is 25.5 Å². The monoisotopic (exact) mass is 257 g/mol. The Kier molecular flexibility index (Phi) is 4.07. The van der Waals surface area contributed by atoms with Crippen molar-refractivity contribution in [3.63, 3.8) is 0 Å². The number of carbonyl (C=O) groups is 1.